The molecule has 0 spiro atoms. The molecule has 0 amide bonds. The van der Waals surface area contributed by atoms with E-state index in [1.807, 2.05) is 13.0 Å². The van der Waals surface area contributed by atoms with E-state index in [1.165, 1.54) is 23.8 Å². The van der Waals surface area contributed by atoms with Crippen molar-refractivity contribution < 1.29 is 8.78 Å². The minimum absolute atomic E-state index is 0.515. The summed E-state index contributed by atoms with van der Waals surface area (Å²) in [6.45, 7) is 2.01. The zero-order valence-corrected chi connectivity index (χ0v) is 13.2. The molecule has 0 aliphatic heterocycles. The first-order chi connectivity index (χ1) is 11.1. The molecule has 23 heavy (non-hydrogen) atoms. The number of nitriles is 1. The number of nitrogens with zero attached hydrogens (tertiary/aromatic N) is 1. The highest BCUT2D eigenvalue weighted by molar-refractivity contribution is 5.35. The van der Waals surface area contributed by atoms with Crippen LogP contribution in [0.3, 0.4) is 0 Å². The van der Waals surface area contributed by atoms with Crippen molar-refractivity contribution in [2.75, 3.05) is 0 Å². The van der Waals surface area contributed by atoms with Gasteiger partial charge in [-0.05, 0) is 61.4 Å². The van der Waals surface area contributed by atoms with E-state index < -0.39 is 17.2 Å². The number of halogens is 2. The molecular weight excluding hydrogens is 292 g/mol. The van der Waals surface area contributed by atoms with Gasteiger partial charge in [0, 0.05) is 0 Å². The Bertz CT molecular complexity index is 701. The third-order valence-corrected chi connectivity index (χ3v) is 3.77. The highest BCUT2D eigenvalue weighted by Crippen LogP contribution is 2.17. The van der Waals surface area contributed by atoms with Crippen molar-refractivity contribution >= 4 is 0 Å². The second kappa shape index (κ2) is 8.24. The standard InChI is InChI=1S/C20H19F2N/c1-2-3-4-5-15-6-8-16(9-7-15)10-11-17-12-19(21)18(14-23)20(22)13-17/h2-3,6-9,12-13H,4-5,10-11H2,1H3/b3-2+. The third kappa shape index (κ3) is 4.75. The number of benzene rings is 2. The zero-order valence-electron chi connectivity index (χ0n) is 13.2. The van der Waals surface area contributed by atoms with Crippen LogP contribution in [0.5, 0.6) is 0 Å². The van der Waals surface area contributed by atoms with Gasteiger partial charge in [-0.15, -0.1) is 0 Å². The first-order valence-electron chi connectivity index (χ1n) is 7.71. The fourth-order valence-corrected chi connectivity index (χ4v) is 2.45. The molecule has 2 aromatic rings. The van der Waals surface area contributed by atoms with Crippen molar-refractivity contribution in [3.05, 3.63) is 82.4 Å². The van der Waals surface area contributed by atoms with Gasteiger partial charge in [-0.2, -0.15) is 5.26 Å². The van der Waals surface area contributed by atoms with Gasteiger partial charge in [0.15, 0.2) is 0 Å². The predicted molar refractivity (Wildman–Crippen MR) is 88.1 cm³/mol. The van der Waals surface area contributed by atoms with Crippen LogP contribution in [-0.4, -0.2) is 0 Å². The lowest BCUT2D eigenvalue weighted by Crippen LogP contribution is -1.97. The fourth-order valence-electron chi connectivity index (χ4n) is 2.45. The van der Waals surface area contributed by atoms with Crippen LogP contribution < -0.4 is 0 Å². The van der Waals surface area contributed by atoms with Gasteiger partial charge in [0.1, 0.15) is 23.3 Å². The second-order valence-corrected chi connectivity index (χ2v) is 5.47. The van der Waals surface area contributed by atoms with Crippen LogP contribution in [0.15, 0.2) is 48.6 Å². The molecular formula is C20H19F2N. The van der Waals surface area contributed by atoms with E-state index in [9.17, 15) is 8.78 Å². The molecule has 0 N–H and O–H groups in total. The Labute approximate surface area is 135 Å². The molecule has 2 rings (SSSR count). The van der Waals surface area contributed by atoms with Crippen LogP contribution in [0.2, 0.25) is 0 Å². The van der Waals surface area contributed by atoms with Crippen molar-refractivity contribution in [1.29, 1.82) is 5.26 Å². The molecule has 0 atom stereocenters. The normalized spacial score (nSPS) is 10.9. The Morgan fingerprint density at radius 1 is 0.913 bits per heavy atom. The third-order valence-electron chi connectivity index (χ3n) is 3.77. The summed E-state index contributed by atoms with van der Waals surface area (Å²) in [4.78, 5) is 0. The van der Waals surface area contributed by atoms with Gasteiger partial charge < -0.3 is 0 Å². The van der Waals surface area contributed by atoms with Gasteiger partial charge >= 0.3 is 0 Å². The monoisotopic (exact) mass is 311 g/mol. The van der Waals surface area contributed by atoms with E-state index in [4.69, 9.17) is 5.26 Å². The molecule has 2 aromatic carbocycles. The number of allylic oxidation sites excluding steroid dienone is 2. The molecule has 0 aliphatic rings. The maximum atomic E-state index is 13.6. The predicted octanol–water partition coefficient (Wildman–Crippen LogP) is 5.13. The molecule has 0 aromatic heterocycles. The largest absolute Gasteiger partial charge is 0.205 e. The summed E-state index contributed by atoms with van der Waals surface area (Å²) < 4.78 is 27.1. The molecule has 0 saturated carbocycles. The summed E-state index contributed by atoms with van der Waals surface area (Å²) in [5.41, 5.74) is 2.46. The van der Waals surface area contributed by atoms with E-state index in [1.54, 1.807) is 0 Å². The van der Waals surface area contributed by atoms with Gasteiger partial charge in [-0.1, -0.05) is 36.4 Å². The lowest BCUT2D eigenvalue weighted by Gasteiger charge is -2.06. The van der Waals surface area contributed by atoms with Crippen LogP contribution in [0, 0.1) is 23.0 Å². The van der Waals surface area contributed by atoms with Crippen LogP contribution in [0.1, 0.15) is 35.6 Å². The minimum atomic E-state index is -0.790. The number of aryl methyl sites for hydroxylation is 3. The summed E-state index contributed by atoms with van der Waals surface area (Å²) >= 11 is 0. The van der Waals surface area contributed by atoms with Crippen molar-refractivity contribution in [3.8, 4) is 6.07 Å². The van der Waals surface area contributed by atoms with Crippen molar-refractivity contribution in [3.63, 3.8) is 0 Å². The number of hydrogen-bond acceptors (Lipinski definition) is 1. The lowest BCUT2D eigenvalue weighted by atomic mass is 10.0. The van der Waals surface area contributed by atoms with Crippen LogP contribution in [0.25, 0.3) is 0 Å². The topological polar surface area (TPSA) is 23.8 Å². The van der Waals surface area contributed by atoms with Crippen molar-refractivity contribution in [2.45, 2.75) is 32.6 Å². The lowest BCUT2D eigenvalue weighted by molar-refractivity contribution is 0.573. The fraction of sp³-hybridized carbons (Fsp3) is 0.250. The van der Waals surface area contributed by atoms with Crippen LogP contribution in [0.4, 0.5) is 8.78 Å². The quantitative estimate of drug-likeness (QED) is 0.678. The summed E-state index contributed by atoms with van der Waals surface area (Å²) in [7, 11) is 0. The van der Waals surface area contributed by atoms with Gasteiger partial charge in [0.05, 0.1) is 0 Å². The molecule has 0 fully saturated rings. The Kier molecular flexibility index (Phi) is 6.05. The molecule has 3 heteroatoms. The number of hydrogen-bond donors (Lipinski definition) is 0. The summed E-state index contributed by atoms with van der Waals surface area (Å²) in [6.07, 6.45) is 7.47. The van der Waals surface area contributed by atoms with E-state index in [0.29, 0.717) is 18.4 Å². The maximum Gasteiger partial charge on any atom is 0.144 e. The van der Waals surface area contributed by atoms with E-state index >= 15 is 0 Å². The van der Waals surface area contributed by atoms with Gasteiger partial charge in [-0.3, -0.25) is 0 Å². The molecule has 0 saturated heterocycles. The van der Waals surface area contributed by atoms with Crippen LogP contribution >= 0.6 is 0 Å². The van der Waals surface area contributed by atoms with Crippen molar-refractivity contribution in [2.24, 2.45) is 0 Å². The summed E-state index contributed by atoms with van der Waals surface area (Å²) in [5, 5.41) is 8.67. The van der Waals surface area contributed by atoms with E-state index in [2.05, 4.69) is 30.3 Å². The second-order valence-electron chi connectivity index (χ2n) is 5.47. The van der Waals surface area contributed by atoms with Crippen molar-refractivity contribution in [1.82, 2.24) is 0 Å². The molecule has 0 aliphatic carbocycles. The minimum Gasteiger partial charge on any atom is -0.205 e. The smallest absolute Gasteiger partial charge is 0.144 e. The summed E-state index contributed by atoms with van der Waals surface area (Å²) in [6, 6.07) is 12.3. The van der Waals surface area contributed by atoms with Gasteiger partial charge in [0.25, 0.3) is 0 Å². The average molecular weight is 311 g/mol. The maximum absolute atomic E-state index is 13.6. The molecule has 0 radical (unpaired) electrons. The highest BCUT2D eigenvalue weighted by Gasteiger charge is 2.10. The highest BCUT2D eigenvalue weighted by atomic mass is 19.1. The average Bonchev–Trinajstić information content (AvgIpc) is 2.54. The Morgan fingerprint density at radius 2 is 1.43 bits per heavy atom. The molecule has 1 nitrogen and oxygen atoms in total. The number of rotatable bonds is 6. The Balaban J connectivity index is 1.97. The van der Waals surface area contributed by atoms with E-state index in [-0.39, 0.29) is 0 Å². The molecule has 118 valence electrons. The first-order valence-corrected chi connectivity index (χ1v) is 7.71. The molecule has 0 bridgehead atoms. The van der Waals surface area contributed by atoms with E-state index in [0.717, 1.165) is 18.4 Å². The molecule has 0 heterocycles. The summed E-state index contributed by atoms with van der Waals surface area (Å²) in [5.74, 6) is -1.58. The Morgan fingerprint density at radius 3 is 1.96 bits per heavy atom. The Hall–Kier alpha value is -2.47. The SMILES string of the molecule is C/C=C/CCc1ccc(CCc2cc(F)c(C#N)c(F)c2)cc1. The van der Waals surface area contributed by atoms with Gasteiger partial charge in [0.2, 0.25) is 0 Å². The first kappa shape index (κ1) is 16.9. The van der Waals surface area contributed by atoms with Gasteiger partial charge in [-0.25, -0.2) is 8.78 Å². The van der Waals surface area contributed by atoms with Crippen LogP contribution in [-0.2, 0) is 19.3 Å². The molecule has 0 unspecified atom stereocenters. The zero-order chi connectivity index (χ0) is 16.7.